The molecule has 1 saturated heterocycles. The molecular formula is C31H36N4O5S2. The molecule has 0 unspecified atom stereocenters. The van der Waals surface area contributed by atoms with Crippen LogP contribution in [0.1, 0.15) is 24.3 Å². The summed E-state index contributed by atoms with van der Waals surface area (Å²) in [4.78, 5) is 9.91. The van der Waals surface area contributed by atoms with Crippen LogP contribution in [0.5, 0.6) is 0 Å². The molecule has 0 aliphatic carbocycles. The molecule has 5 rings (SSSR count). The van der Waals surface area contributed by atoms with Crippen molar-refractivity contribution in [1.82, 2.24) is 15.0 Å². The maximum atomic E-state index is 11.9. The molecule has 0 N–H and O–H groups in total. The summed E-state index contributed by atoms with van der Waals surface area (Å²) < 4.78 is 52.8. The average molecular weight is 609 g/mol. The Morgan fingerprint density at radius 1 is 0.833 bits per heavy atom. The Morgan fingerprint density at radius 3 is 2.02 bits per heavy atom. The van der Waals surface area contributed by atoms with Gasteiger partial charge in [0.15, 0.2) is 19.7 Å². The monoisotopic (exact) mass is 608 g/mol. The Labute approximate surface area is 248 Å². The van der Waals surface area contributed by atoms with Crippen molar-refractivity contribution < 1.29 is 21.4 Å². The summed E-state index contributed by atoms with van der Waals surface area (Å²) in [5.74, 6) is 1.51. The van der Waals surface area contributed by atoms with Gasteiger partial charge in [0.1, 0.15) is 0 Å². The van der Waals surface area contributed by atoms with Gasteiger partial charge in [0.05, 0.1) is 9.79 Å². The minimum Gasteiger partial charge on any atom is -0.366 e. The summed E-state index contributed by atoms with van der Waals surface area (Å²) in [6.07, 6.45) is 5.19. The fourth-order valence-corrected chi connectivity index (χ4v) is 6.50. The van der Waals surface area contributed by atoms with Crippen LogP contribution in [0, 0.1) is 5.92 Å². The van der Waals surface area contributed by atoms with Crippen molar-refractivity contribution >= 4 is 25.4 Å². The molecule has 11 heteroatoms. The Hall–Kier alpha value is -3.54. The third-order valence-corrected chi connectivity index (χ3v) is 9.97. The maximum Gasteiger partial charge on any atom is 0.227 e. The summed E-state index contributed by atoms with van der Waals surface area (Å²) >= 11 is 0. The molecule has 222 valence electrons. The van der Waals surface area contributed by atoms with Gasteiger partial charge in [-0.25, -0.2) is 16.8 Å². The Morgan fingerprint density at radius 2 is 1.43 bits per heavy atom. The fraction of sp³-hybridized carbons (Fsp3) is 0.355. The van der Waals surface area contributed by atoms with Crippen molar-refractivity contribution in [2.75, 3.05) is 43.6 Å². The van der Waals surface area contributed by atoms with Gasteiger partial charge in [0.2, 0.25) is 11.7 Å². The third kappa shape index (κ3) is 7.84. The van der Waals surface area contributed by atoms with E-state index in [0.717, 1.165) is 63.2 Å². The number of nitrogens with zero attached hydrogens (tertiary/aromatic N) is 4. The van der Waals surface area contributed by atoms with Crippen LogP contribution in [0.3, 0.4) is 0 Å². The lowest BCUT2D eigenvalue weighted by Crippen LogP contribution is -2.40. The number of aromatic nitrogens is 2. The fourth-order valence-electron chi connectivity index (χ4n) is 5.24. The van der Waals surface area contributed by atoms with E-state index in [2.05, 4.69) is 32.1 Å². The van der Waals surface area contributed by atoms with Gasteiger partial charge < -0.3 is 14.3 Å². The molecule has 0 spiro atoms. The molecule has 0 atom stereocenters. The highest BCUT2D eigenvalue weighted by atomic mass is 32.2. The maximum absolute atomic E-state index is 11.9. The van der Waals surface area contributed by atoms with Gasteiger partial charge in [-0.3, -0.25) is 0 Å². The van der Waals surface area contributed by atoms with Crippen molar-refractivity contribution in [1.29, 1.82) is 0 Å². The van der Waals surface area contributed by atoms with Gasteiger partial charge >= 0.3 is 0 Å². The van der Waals surface area contributed by atoms with E-state index in [9.17, 15) is 16.8 Å². The number of rotatable bonds is 11. The van der Waals surface area contributed by atoms with Crippen LogP contribution in [-0.4, -0.2) is 70.6 Å². The summed E-state index contributed by atoms with van der Waals surface area (Å²) in [5.41, 5.74) is 2.92. The van der Waals surface area contributed by atoms with E-state index in [1.807, 2.05) is 30.3 Å². The van der Waals surface area contributed by atoms with Gasteiger partial charge in [0, 0.05) is 49.8 Å². The van der Waals surface area contributed by atoms with Crippen LogP contribution in [-0.2, 0) is 32.6 Å². The molecule has 1 aliphatic heterocycles. The number of anilines is 1. The van der Waals surface area contributed by atoms with Crippen LogP contribution < -0.4 is 4.90 Å². The standard InChI is InChI=1S/C31H36N4O5S2/c1-41(36,37)28-12-8-26(9-13-28)31-32-30(40-33-31)22-24-16-18-34(19-17-24)20-21-35(23-25-6-4-3-5-7-25)27-10-14-29(15-11-27)42(2,38)39/h3-15,24H,16-23H2,1-2H3. The first kappa shape index (κ1) is 29.9. The second-order valence-electron chi connectivity index (χ2n) is 11.0. The lowest BCUT2D eigenvalue weighted by molar-refractivity contribution is 0.180. The molecule has 0 radical (unpaired) electrons. The molecule has 1 aliphatic rings. The lowest BCUT2D eigenvalue weighted by Gasteiger charge is -2.34. The predicted octanol–water partition coefficient (Wildman–Crippen LogP) is 4.50. The minimum atomic E-state index is -3.26. The van der Waals surface area contributed by atoms with Crippen LogP contribution in [0.2, 0.25) is 0 Å². The lowest BCUT2D eigenvalue weighted by atomic mass is 9.93. The summed E-state index contributed by atoms with van der Waals surface area (Å²) in [6.45, 7) is 4.42. The molecule has 1 fully saturated rings. The largest absolute Gasteiger partial charge is 0.366 e. The number of piperidine rings is 1. The quantitative estimate of drug-likeness (QED) is 0.243. The van der Waals surface area contributed by atoms with Crippen molar-refractivity contribution in [2.24, 2.45) is 5.92 Å². The number of benzene rings is 3. The van der Waals surface area contributed by atoms with Gasteiger partial charge in [0.25, 0.3) is 0 Å². The van der Waals surface area contributed by atoms with E-state index in [1.54, 1.807) is 36.4 Å². The van der Waals surface area contributed by atoms with E-state index in [1.165, 1.54) is 18.1 Å². The second-order valence-corrected chi connectivity index (χ2v) is 15.0. The van der Waals surface area contributed by atoms with Gasteiger partial charge in [-0.2, -0.15) is 4.98 Å². The molecule has 9 nitrogen and oxygen atoms in total. The van der Waals surface area contributed by atoms with Gasteiger partial charge in [-0.1, -0.05) is 35.5 Å². The Bertz CT molecular complexity index is 1680. The van der Waals surface area contributed by atoms with Crippen LogP contribution >= 0.6 is 0 Å². The number of hydrogen-bond acceptors (Lipinski definition) is 9. The number of sulfone groups is 2. The van der Waals surface area contributed by atoms with Crippen molar-refractivity contribution in [3.05, 3.63) is 90.3 Å². The average Bonchev–Trinajstić information content (AvgIpc) is 3.44. The van der Waals surface area contributed by atoms with Crippen LogP contribution in [0.15, 0.2) is 93.2 Å². The predicted molar refractivity (Wildman–Crippen MR) is 163 cm³/mol. The van der Waals surface area contributed by atoms with Crippen molar-refractivity contribution in [3.8, 4) is 11.4 Å². The van der Waals surface area contributed by atoms with E-state index in [0.29, 0.717) is 22.5 Å². The first-order chi connectivity index (χ1) is 20.0. The van der Waals surface area contributed by atoms with E-state index >= 15 is 0 Å². The molecular weight excluding hydrogens is 572 g/mol. The second kappa shape index (κ2) is 12.8. The zero-order valence-corrected chi connectivity index (χ0v) is 25.5. The summed E-state index contributed by atoms with van der Waals surface area (Å²) in [5, 5.41) is 4.10. The zero-order valence-electron chi connectivity index (χ0n) is 23.9. The molecule has 0 bridgehead atoms. The first-order valence-corrected chi connectivity index (χ1v) is 17.8. The summed E-state index contributed by atoms with van der Waals surface area (Å²) in [7, 11) is -6.50. The highest BCUT2D eigenvalue weighted by Gasteiger charge is 2.23. The van der Waals surface area contributed by atoms with Crippen molar-refractivity contribution in [3.63, 3.8) is 0 Å². The Kier molecular flexibility index (Phi) is 9.10. The highest BCUT2D eigenvalue weighted by Crippen LogP contribution is 2.25. The molecule has 3 aromatic carbocycles. The smallest absolute Gasteiger partial charge is 0.227 e. The molecule has 0 amide bonds. The highest BCUT2D eigenvalue weighted by molar-refractivity contribution is 7.91. The summed E-state index contributed by atoms with van der Waals surface area (Å²) in [6, 6.07) is 24.0. The van der Waals surface area contributed by atoms with E-state index < -0.39 is 19.7 Å². The molecule has 0 saturated carbocycles. The minimum absolute atomic E-state index is 0.259. The molecule has 4 aromatic rings. The molecule has 2 heterocycles. The van der Waals surface area contributed by atoms with E-state index in [4.69, 9.17) is 4.52 Å². The number of likely N-dealkylation sites (tertiary alicyclic amines) is 1. The zero-order chi connectivity index (χ0) is 29.7. The SMILES string of the molecule is CS(=O)(=O)c1ccc(-c2noc(CC3CCN(CCN(Cc4ccccc4)c4ccc(S(C)(=O)=O)cc4)CC3)n2)cc1. The molecule has 1 aromatic heterocycles. The first-order valence-electron chi connectivity index (χ1n) is 14.0. The van der Waals surface area contributed by atoms with E-state index in [-0.39, 0.29) is 4.90 Å². The number of hydrogen-bond donors (Lipinski definition) is 0. The van der Waals surface area contributed by atoms with Gasteiger partial charge in [-0.15, -0.1) is 0 Å². The van der Waals surface area contributed by atoms with Crippen LogP contribution in [0.25, 0.3) is 11.4 Å². The van der Waals surface area contributed by atoms with Gasteiger partial charge in [-0.05, 0) is 85.9 Å². The Balaban J connectivity index is 1.15. The molecule has 42 heavy (non-hydrogen) atoms. The van der Waals surface area contributed by atoms with Crippen LogP contribution in [0.4, 0.5) is 5.69 Å². The normalized spacial score (nSPS) is 15.1. The van der Waals surface area contributed by atoms with Crippen molar-refractivity contribution in [2.45, 2.75) is 35.6 Å². The third-order valence-electron chi connectivity index (χ3n) is 7.71. The topological polar surface area (TPSA) is 114 Å².